The van der Waals surface area contributed by atoms with Crippen molar-refractivity contribution < 1.29 is 4.74 Å². The second kappa shape index (κ2) is 4.76. The van der Waals surface area contributed by atoms with Crippen molar-refractivity contribution in [2.75, 3.05) is 13.7 Å². The Kier molecular flexibility index (Phi) is 3.55. The third-order valence-electron chi connectivity index (χ3n) is 3.32. The number of rotatable bonds is 2. The molecule has 16 heavy (non-hydrogen) atoms. The average molecular weight is 284 g/mol. The van der Waals surface area contributed by atoms with Gasteiger partial charge in [0.15, 0.2) is 0 Å². The van der Waals surface area contributed by atoms with E-state index in [1.807, 2.05) is 0 Å². The standard InChI is InChI=1S/C13H18BrNO/c1-8-7-10(14)9(2)12(13(8)16-3)11-5-4-6-15-11/h7,11,15H,4-6H2,1-3H3. The number of ether oxygens (including phenoxy) is 1. The summed E-state index contributed by atoms with van der Waals surface area (Å²) in [7, 11) is 1.76. The number of methoxy groups -OCH3 is 1. The minimum absolute atomic E-state index is 0.450. The SMILES string of the molecule is COc1c(C)cc(Br)c(C)c1C1CCCN1. The Balaban J connectivity index is 2.54. The van der Waals surface area contributed by atoms with Crippen LogP contribution in [-0.2, 0) is 0 Å². The highest BCUT2D eigenvalue weighted by Gasteiger charge is 2.24. The van der Waals surface area contributed by atoms with Crippen molar-refractivity contribution in [2.24, 2.45) is 0 Å². The molecule has 1 aromatic rings. The number of hydrogen-bond acceptors (Lipinski definition) is 2. The number of halogens is 1. The van der Waals surface area contributed by atoms with Crippen LogP contribution in [0.5, 0.6) is 5.75 Å². The Morgan fingerprint density at radius 1 is 1.44 bits per heavy atom. The summed E-state index contributed by atoms with van der Waals surface area (Å²) in [6, 6.07) is 2.58. The first kappa shape index (κ1) is 11.9. The highest BCUT2D eigenvalue weighted by atomic mass is 79.9. The lowest BCUT2D eigenvalue weighted by Crippen LogP contribution is -2.15. The van der Waals surface area contributed by atoms with E-state index < -0.39 is 0 Å². The second-order valence-corrected chi connectivity index (χ2v) is 5.25. The average Bonchev–Trinajstić information content (AvgIpc) is 2.76. The summed E-state index contributed by atoms with van der Waals surface area (Å²) in [5, 5.41) is 3.54. The molecule has 0 radical (unpaired) electrons. The maximum Gasteiger partial charge on any atom is 0.126 e. The first-order chi connectivity index (χ1) is 7.65. The van der Waals surface area contributed by atoms with Gasteiger partial charge in [-0.25, -0.2) is 0 Å². The second-order valence-electron chi connectivity index (χ2n) is 4.40. The normalized spacial score (nSPS) is 20.1. The van der Waals surface area contributed by atoms with Gasteiger partial charge in [0.2, 0.25) is 0 Å². The van der Waals surface area contributed by atoms with Gasteiger partial charge < -0.3 is 10.1 Å². The van der Waals surface area contributed by atoms with Gasteiger partial charge in [-0.05, 0) is 50.4 Å². The molecule has 0 aromatic heterocycles. The van der Waals surface area contributed by atoms with Gasteiger partial charge >= 0.3 is 0 Å². The van der Waals surface area contributed by atoms with Crippen LogP contribution in [0.3, 0.4) is 0 Å². The third-order valence-corrected chi connectivity index (χ3v) is 4.14. The predicted molar refractivity (Wildman–Crippen MR) is 70.1 cm³/mol. The molecule has 0 aliphatic carbocycles. The molecular formula is C13H18BrNO. The van der Waals surface area contributed by atoms with Crippen LogP contribution in [0, 0.1) is 13.8 Å². The van der Waals surface area contributed by atoms with Crippen molar-refractivity contribution in [1.82, 2.24) is 5.32 Å². The van der Waals surface area contributed by atoms with Crippen LogP contribution in [0.25, 0.3) is 0 Å². The first-order valence-corrected chi connectivity index (χ1v) is 6.51. The Hall–Kier alpha value is -0.540. The first-order valence-electron chi connectivity index (χ1n) is 5.72. The van der Waals surface area contributed by atoms with Gasteiger partial charge in [0.05, 0.1) is 7.11 Å². The van der Waals surface area contributed by atoms with Gasteiger partial charge in [0.25, 0.3) is 0 Å². The van der Waals surface area contributed by atoms with Crippen LogP contribution in [0.1, 0.15) is 35.6 Å². The quantitative estimate of drug-likeness (QED) is 0.897. The van der Waals surface area contributed by atoms with Gasteiger partial charge in [-0.15, -0.1) is 0 Å². The Morgan fingerprint density at radius 2 is 2.19 bits per heavy atom. The van der Waals surface area contributed by atoms with E-state index in [-0.39, 0.29) is 0 Å². The molecule has 0 spiro atoms. The zero-order chi connectivity index (χ0) is 11.7. The molecule has 0 bridgehead atoms. The zero-order valence-electron chi connectivity index (χ0n) is 10.1. The fourth-order valence-corrected chi connectivity index (χ4v) is 3.05. The van der Waals surface area contributed by atoms with Crippen molar-refractivity contribution in [3.8, 4) is 5.75 Å². The lowest BCUT2D eigenvalue weighted by Gasteiger charge is -2.20. The molecule has 2 nitrogen and oxygen atoms in total. The molecule has 1 unspecified atom stereocenters. The van der Waals surface area contributed by atoms with Crippen LogP contribution >= 0.6 is 15.9 Å². The molecule has 1 N–H and O–H groups in total. The molecule has 0 saturated carbocycles. The maximum absolute atomic E-state index is 5.56. The van der Waals surface area contributed by atoms with E-state index in [1.165, 1.54) is 34.0 Å². The lowest BCUT2D eigenvalue weighted by atomic mass is 9.96. The van der Waals surface area contributed by atoms with Crippen molar-refractivity contribution in [1.29, 1.82) is 0 Å². The summed E-state index contributed by atoms with van der Waals surface area (Å²) >= 11 is 3.62. The molecule has 1 heterocycles. The van der Waals surface area contributed by atoms with E-state index in [0.29, 0.717) is 6.04 Å². The molecule has 3 heteroatoms. The van der Waals surface area contributed by atoms with Gasteiger partial charge in [-0.1, -0.05) is 15.9 Å². The van der Waals surface area contributed by atoms with Crippen molar-refractivity contribution in [2.45, 2.75) is 32.7 Å². The molecule has 0 amide bonds. The summed E-state index contributed by atoms with van der Waals surface area (Å²) in [6.07, 6.45) is 2.45. The van der Waals surface area contributed by atoms with E-state index in [0.717, 1.165) is 12.3 Å². The maximum atomic E-state index is 5.56. The molecule has 2 rings (SSSR count). The molecule has 1 fully saturated rings. The minimum Gasteiger partial charge on any atom is -0.496 e. The smallest absolute Gasteiger partial charge is 0.126 e. The molecule has 1 aromatic carbocycles. The van der Waals surface area contributed by atoms with E-state index >= 15 is 0 Å². The van der Waals surface area contributed by atoms with Crippen LogP contribution in [0.2, 0.25) is 0 Å². The third kappa shape index (κ3) is 1.98. The lowest BCUT2D eigenvalue weighted by molar-refractivity contribution is 0.399. The van der Waals surface area contributed by atoms with Gasteiger partial charge in [-0.3, -0.25) is 0 Å². The fraction of sp³-hybridized carbons (Fsp3) is 0.538. The summed E-state index contributed by atoms with van der Waals surface area (Å²) < 4.78 is 6.74. The molecule has 1 aliphatic rings. The number of hydrogen-bond donors (Lipinski definition) is 1. The predicted octanol–water partition coefficient (Wildman–Crippen LogP) is 3.50. The highest BCUT2D eigenvalue weighted by molar-refractivity contribution is 9.10. The Bertz CT molecular complexity index is 397. The fourth-order valence-electron chi connectivity index (χ4n) is 2.50. The molecular weight excluding hydrogens is 266 g/mol. The molecule has 1 saturated heterocycles. The molecule has 88 valence electrons. The van der Waals surface area contributed by atoms with Crippen molar-refractivity contribution in [3.63, 3.8) is 0 Å². The van der Waals surface area contributed by atoms with Crippen LogP contribution in [0.15, 0.2) is 10.5 Å². The minimum atomic E-state index is 0.450. The number of nitrogens with one attached hydrogen (secondary N) is 1. The largest absolute Gasteiger partial charge is 0.496 e. The van der Waals surface area contributed by atoms with Gasteiger partial charge in [-0.2, -0.15) is 0 Å². The van der Waals surface area contributed by atoms with Crippen LogP contribution < -0.4 is 10.1 Å². The van der Waals surface area contributed by atoms with Gasteiger partial charge in [0, 0.05) is 16.1 Å². The summed E-state index contributed by atoms with van der Waals surface area (Å²) in [5.41, 5.74) is 3.82. The summed E-state index contributed by atoms with van der Waals surface area (Å²) in [6.45, 7) is 5.36. The summed E-state index contributed by atoms with van der Waals surface area (Å²) in [4.78, 5) is 0. The van der Waals surface area contributed by atoms with Crippen LogP contribution in [0.4, 0.5) is 0 Å². The van der Waals surface area contributed by atoms with E-state index in [9.17, 15) is 0 Å². The van der Waals surface area contributed by atoms with E-state index in [4.69, 9.17) is 4.74 Å². The zero-order valence-corrected chi connectivity index (χ0v) is 11.6. The highest BCUT2D eigenvalue weighted by Crippen LogP contribution is 2.39. The van der Waals surface area contributed by atoms with Crippen LogP contribution in [-0.4, -0.2) is 13.7 Å². The number of aryl methyl sites for hydroxylation is 1. The number of benzene rings is 1. The molecule has 1 atom stereocenters. The van der Waals surface area contributed by atoms with Crippen molar-refractivity contribution >= 4 is 15.9 Å². The van der Waals surface area contributed by atoms with Gasteiger partial charge in [0.1, 0.15) is 5.75 Å². The topological polar surface area (TPSA) is 21.3 Å². The Morgan fingerprint density at radius 3 is 2.75 bits per heavy atom. The Labute approximate surface area is 106 Å². The summed E-state index contributed by atoms with van der Waals surface area (Å²) in [5.74, 6) is 1.04. The molecule has 1 aliphatic heterocycles. The van der Waals surface area contributed by atoms with E-state index in [1.54, 1.807) is 7.11 Å². The van der Waals surface area contributed by atoms with Crippen molar-refractivity contribution in [3.05, 3.63) is 27.2 Å². The van der Waals surface area contributed by atoms with E-state index in [2.05, 4.69) is 41.2 Å². The monoisotopic (exact) mass is 283 g/mol.